The maximum atomic E-state index is 12.0. The highest BCUT2D eigenvalue weighted by Gasteiger charge is 2.15. The van der Waals surface area contributed by atoms with Gasteiger partial charge in [-0.1, -0.05) is 13.0 Å². The molecule has 2 amide bonds. The van der Waals surface area contributed by atoms with E-state index in [0.717, 1.165) is 6.42 Å². The maximum absolute atomic E-state index is 12.0. The molecule has 0 aromatic heterocycles. The minimum Gasteiger partial charge on any atom is -0.352 e. The summed E-state index contributed by atoms with van der Waals surface area (Å²) in [4.78, 5) is 22.4. The lowest BCUT2D eigenvalue weighted by Crippen LogP contribution is -2.24. The SMILES string of the molecule is CCCNC(=O)c1cccc(NC(=O)C(F)F)c1. The number of benzene rings is 1. The van der Waals surface area contributed by atoms with Crippen molar-refractivity contribution in [1.82, 2.24) is 5.32 Å². The summed E-state index contributed by atoms with van der Waals surface area (Å²) in [5, 5.41) is 4.68. The van der Waals surface area contributed by atoms with Crippen molar-refractivity contribution in [2.45, 2.75) is 19.8 Å². The standard InChI is InChI=1S/C12H14F2N2O2/c1-2-6-15-11(17)8-4-3-5-9(7-8)16-12(18)10(13)14/h3-5,7,10H,2,6H2,1H3,(H,15,17)(H,16,18). The molecule has 98 valence electrons. The van der Waals surface area contributed by atoms with Gasteiger partial charge in [-0.05, 0) is 24.6 Å². The number of nitrogens with one attached hydrogen (secondary N) is 2. The highest BCUT2D eigenvalue weighted by Crippen LogP contribution is 2.11. The summed E-state index contributed by atoms with van der Waals surface area (Å²) < 4.78 is 24.1. The van der Waals surface area contributed by atoms with Crippen molar-refractivity contribution < 1.29 is 18.4 Å². The lowest BCUT2D eigenvalue weighted by molar-refractivity contribution is -0.126. The van der Waals surface area contributed by atoms with E-state index in [9.17, 15) is 18.4 Å². The van der Waals surface area contributed by atoms with Crippen molar-refractivity contribution in [3.63, 3.8) is 0 Å². The molecule has 6 heteroatoms. The highest BCUT2D eigenvalue weighted by molar-refractivity contribution is 5.97. The molecule has 0 saturated carbocycles. The van der Waals surface area contributed by atoms with Gasteiger partial charge in [0.05, 0.1) is 0 Å². The monoisotopic (exact) mass is 256 g/mol. The fourth-order valence-corrected chi connectivity index (χ4v) is 1.28. The van der Waals surface area contributed by atoms with Crippen molar-refractivity contribution in [3.05, 3.63) is 29.8 Å². The molecule has 2 N–H and O–H groups in total. The first-order valence-electron chi connectivity index (χ1n) is 5.52. The van der Waals surface area contributed by atoms with Gasteiger partial charge in [0.25, 0.3) is 11.8 Å². The Morgan fingerprint density at radius 2 is 2.06 bits per heavy atom. The Kier molecular flexibility index (Phi) is 5.23. The van der Waals surface area contributed by atoms with Crippen LogP contribution in [0, 0.1) is 0 Å². The van der Waals surface area contributed by atoms with E-state index in [1.165, 1.54) is 18.2 Å². The van der Waals surface area contributed by atoms with E-state index in [0.29, 0.717) is 12.1 Å². The number of carbonyl (C=O) groups excluding carboxylic acids is 2. The van der Waals surface area contributed by atoms with Gasteiger partial charge in [-0.15, -0.1) is 0 Å². The number of hydrogen-bond acceptors (Lipinski definition) is 2. The zero-order chi connectivity index (χ0) is 13.5. The summed E-state index contributed by atoms with van der Waals surface area (Å²) in [6.45, 7) is 2.45. The third-order valence-electron chi connectivity index (χ3n) is 2.13. The van der Waals surface area contributed by atoms with Crippen LogP contribution in [0.2, 0.25) is 0 Å². The van der Waals surface area contributed by atoms with Crippen LogP contribution < -0.4 is 10.6 Å². The number of rotatable bonds is 5. The Balaban J connectivity index is 2.73. The lowest BCUT2D eigenvalue weighted by Gasteiger charge is -2.07. The van der Waals surface area contributed by atoms with Crippen LogP contribution >= 0.6 is 0 Å². The minimum absolute atomic E-state index is 0.171. The fraction of sp³-hybridized carbons (Fsp3) is 0.333. The first-order valence-corrected chi connectivity index (χ1v) is 5.52. The molecule has 1 aromatic rings. The number of amides is 2. The molecule has 0 fully saturated rings. The van der Waals surface area contributed by atoms with Crippen molar-refractivity contribution in [2.75, 3.05) is 11.9 Å². The second-order valence-corrected chi connectivity index (χ2v) is 3.63. The Morgan fingerprint density at radius 1 is 1.33 bits per heavy atom. The average molecular weight is 256 g/mol. The van der Waals surface area contributed by atoms with Gasteiger partial charge < -0.3 is 10.6 Å². The Bertz CT molecular complexity index is 436. The van der Waals surface area contributed by atoms with Crippen LogP contribution in [-0.2, 0) is 4.79 Å². The molecule has 0 aliphatic heterocycles. The van der Waals surface area contributed by atoms with Crippen LogP contribution in [0.1, 0.15) is 23.7 Å². The van der Waals surface area contributed by atoms with E-state index in [2.05, 4.69) is 5.32 Å². The van der Waals surface area contributed by atoms with Crippen LogP contribution in [0.5, 0.6) is 0 Å². The zero-order valence-corrected chi connectivity index (χ0v) is 9.87. The van der Waals surface area contributed by atoms with Gasteiger partial charge in [0.2, 0.25) is 0 Å². The molecular formula is C12H14F2N2O2. The van der Waals surface area contributed by atoms with E-state index < -0.39 is 12.3 Å². The molecule has 0 spiro atoms. The predicted octanol–water partition coefficient (Wildman–Crippen LogP) is 2.03. The van der Waals surface area contributed by atoms with Crippen molar-refractivity contribution in [3.8, 4) is 0 Å². The maximum Gasteiger partial charge on any atom is 0.315 e. The Morgan fingerprint density at radius 3 is 2.67 bits per heavy atom. The quantitative estimate of drug-likeness (QED) is 0.846. The number of anilines is 1. The predicted molar refractivity (Wildman–Crippen MR) is 63.7 cm³/mol. The van der Waals surface area contributed by atoms with Crippen LogP contribution in [-0.4, -0.2) is 24.8 Å². The molecule has 4 nitrogen and oxygen atoms in total. The smallest absolute Gasteiger partial charge is 0.315 e. The van der Waals surface area contributed by atoms with Gasteiger partial charge >= 0.3 is 6.43 Å². The molecule has 0 heterocycles. The zero-order valence-electron chi connectivity index (χ0n) is 9.87. The number of alkyl halides is 2. The molecule has 0 bridgehead atoms. The molecule has 0 radical (unpaired) electrons. The summed E-state index contributed by atoms with van der Waals surface area (Å²) in [7, 11) is 0. The summed E-state index contributed by atoms with van der Waals surface area (Å²) >= 11 is 0. The largest absolute Gasteiger partial charge is 0.352 e. The van der Waals surface area contributed by atoms with E-state index in [4.69, 9.17) is 0 Å². The normalized spacial score (nSPS) is 10.2. The van der Waals surface area contributed by atoms with Crippen LogP contribution in [0.15, 0.2) is 24.3 Å². The van der Waals surface area contributed by atoms with Crippen LogP contribution in [0.3, 0.4) is 0 Å². The number of hydrogen-bond donors (Lipinski definition) is 2. The third-order valence-corrected chi connectivity index (χ3v) is 2.13. The van der Waals surface area contributed by atoms with E-state index >= 15 is 0 Å². The van der Waals surface area contributed by atoms with Crippen LogP contribution in [0.25, 0.3) is 0 Å². The average Bonchev–Trinajstić information content (AvgIpc) is 2.36. The lowest BCUT2D eigenvalue weighted by atomic mass is 10.2. The molecule has 0 saturated heterocycles. The molecule has 1 rings (SSSR count). The highest BCUT2D eigenvalue weighted by atomic mass is 19.3. The molecule has 0 aliphatic rings. The molecule has 1 aromatic carbocycles. The number of halogens is 2. The van der Waals surface area contributed by atoms with Gasteiger partial charge in [-0.3, -0.25) is 9.59 Å². The molecule has 0 atom stereocenters. The van der Waals surface area contributed by atoms with Crippen LogP contribution in [0.4, 0.5) is 14.5 Å². The van der Waals surface area contributed by atoms with Crippen molar-refractivity contribution >= 4 is 17.5 Å². The fourth-order valence-electron chi connectivity index (χ4n) is 1.28. The van der Waals surface area contributed by atoms with Gasteiger partial charge in [0, 0.05) is 17.8 Å². The van der Waals surface area contributed by atoms with Crippen molar-refractivity contribution in [1.29, 1.82) is 0 Å². The minimum atomic E-state index is -3.08. The van der Waals surface area contributed by atoms with E-state index in [-0.39, 0.29) is 11.6 Å². The van der Waals surface area contributed by atoms with Gasteiger partial charge in [0.15, 0.2) is 0 Å². The molecule has 0 unspecified atom stereocenters. The van der Waals surface area contributed by atoms with E-state index in [1.54, 1.807) is 6.07 Å². The summed E-state index contributed by atoms with van der Waals surface area (Å²) in [6, 6.07) is 5.85. The van der Waals surface area contributed by atoms with Gasteiger partial charge in [0.1, 0.15) is 0 Å². The molecular weight excluding hydrogens is 242 g/mol. The Hall–Kier alpha value is -1.98. The summed E-state index contributed by atoms with van der Waals surface area (Å²) in [5.41, 5.74) is 0.486. The summed E-state index contributed by atoms with van der Waals surface area (Å²) in [6.07, 6.45) is -2.28. The first kappa shape index (κ1) is 14.1. The molecule has 0 aliphatic carbocycles. The third kappa shape index (κ3) is 4.12. The second-order valence-electron chi connectivity index (χ2n) is 3.63. The summed E-state index contributed by atoms with van der Waals surface area (Å²) in [5.74, 6) is -1.69. The second kappa shape index (κ2) is 6.68. The van der Waals surface area contributed by atoms with E-state index in [1.807, 2.05) is 12.2 Å². The first-order chi connectivity index (χ1) is 8.54. The molecule has 18 heavy (non-hydrogen) atoms. The van der Waals surface area contributed by atoms with Gasteiger partial charge in [-0.25, -0.2) is 0 Å². The topological polar surface area (TPSA) is 58.2 Å². The Labute approximate surface area is 103 Å². The van der Waals surface area contributed by atoms with Gasteiger partial charge in [-0.2, -0.15) is 8.78 Å². The number of carbonyl (C=O) groups is 2. The van der Waals surface area contributed by atoms with Crippen molar-refractivity contribution in [2.24, 2.45) is 0 Å².